The SMILES string of the molecule is O=C(OF)c1nc2ccc(C3OCCCO3)cc2c2ccccc12. The van der Waals surface area contributed by atoms with Gasteiger partial charge in [-0.05, 0) is 23.9 Å². The molecule has 0 unspecified atom stereocenters. The van der Waals surface area contributed by atoms with Crippen LogP contribution in [0.15, 0.2) is 42.5 Å². The second kappa shape index (κ2) is 6.14. The molecular formula is C18H14FNO4. The van der Waals surface area contributed by atoms with Crippen LogP contribution in [0.5, 0.6) is 0 Å². The summed E-state index contributed by atoms with van der Waals surface area (Å²) < 4.78 is 23.7. The number of hydrogen-bond donors (Lipinski definition) is 0. The largest absolute Gasteiger partial charge is 0.398 e. The Morgan fingerprint density at radius 1 is 1.08 bits per heavy atom. The van der Waals surface area contributed by atoms with Gasteiger partial charge in [-0.2, -0.15) is 0 Å². The van der Waals surface area contributed by atoms with Gasteiger partial charge in [-0.1, -0.05) is 30.3 Å². The molecule has 5 nitrogen and oxygen atoms in total. The summed E-state index contributed by atoms with van der Waals surface area (Å²) in [4.78, 5) is 19.3. The molecule has 4 rings (SSSR count). The van der Waals surface area contributed by atoms with Gasteiger partial charge in [0.05, 0.1) is 18.7 Å². The fourth-order valence-corrected chi connectivity index (χ4v) is 2.99. The first-order chi connectivity index (χ1) is 11.8. The van der Waals surface area contributed by atoms with Crippen molar-refractivity contribution in [2.24, 2.45) is 0 Å². The quantitative estimate of drug-likeness (QED) is 0.669. The van der Waals surface area contributed by atoms with E-state index in [0.717, 1.165) is 22.8 Å². The average Bonchev–Trinajstić information content (AvgIpc) is 2.67. The molecule has 0 saturated carbocycles. The number of halogens is 1. The Morgan fingerprint density at radius 2 is 1.83 bits per heavy atom. The van der Waals surface area contributed by atoms with E-state index in [4.69, 9.17) is 9.47 Å². The molecule has 6 heteroatoms. The Balaban J connectivity index is 1.93. The zero-order valence-electron chi connectivity index (χ0n) is 12.7. The van der Waals surface area contributed by atoms with E-state index in [1.165, 1.54) is 0 Å². The molecule has 0 radical (unpaired) electrons. The van der Waals surface area contributed by atoms with E-state index in [1.54, 1.807) is 18.2 Å². The van der Waals surface area contributed by atoms with Crippen molar-refractivity contribution in [3.8, 4) is 0 Å². The van der Waals surface area contributed by atoms with Gasteiger partial charge in [0.2, 0.25) is 0 Å². The second-order valence-electron chi connectivity index (χ2n) is 5.57. The Hall–Kier alpha value is -2.57. The van der Waals surface area contributed by atoms with Crippen molar-refractivity contribution in [3.05, 3.63) is 53.7 Å². The minimum Gasteiger partial charge on any atom is -0.348 e. The van der Waals surface area contributed by atoms with Crippen LogP contribution in [0.2, 0.25) is 0 Å². The van der Waals surface area contributed by atoms with E-state index in [2.05, 4.69) is 9.93 Å². The van der Waals surface area contributed by atoms with Crippen molar-refractivity contribution < 1.29 is 23.7 Å². The van der Waals surface area contributed by atoms with Crippen LogP contribution in [-0.4, -0.2) is 24.2 Å². The maximum absolute atomic E-state index is 12.4. The number of fused-ring (bicyclic) bond motifs is 3. The number of nitrogens with zero attached hydrogens (tertiary/aromatic N) is 1. The lowest BCUT2D eigenvalue weighted by Gasteiger charge is -2.23. The Bertz CT molecular complexity index is 921. The molecule has 122 valence electrons. The zero-order valence-corrected chi connectivity index (χ0v) is 12.7. The maximum Gasteiger partial charge on any atom is 0.398 e. The molecule has 24 heavy (non-hydrogen) atoms. The number of benzene rings is 2. The van der Waals surface area contributed by atoms with Crippen LogP contribution < -0.4 is 0 Å². The first kappa shape index (κ1) is 15.0. The van der Waals surface area contributed by atoms with Crippen molar-refractivity contribution in [3.63, 3.8) is 0 Å². The monoisotopic (exact) mass is 327 g/mol. The molecule has 0 bridgehead atoms. The lowest BCUT2D eigenvalue weighted by atomic mass is 10.0. The standard InChI is InChI=1S/C18H14FNO4/c19-24-17(21)16-13-5-2-1-4-12(13)14-10-11(6-7-15(14)20-16)18-22-8-3-9-23-18/h1-2,4-7,10,18H,3,8-9H2. The van der Waals surface area contributed by atoms with Gasteiger partial charge < -0.3 is 9.47 Å². The molecule has 1 saturated heterocycles. The van der Waals surface area contributed by atoms with Gasteiger partial charge in [0, 0.05) is 20.9 Å². The van der Waals surface area contributed by atoms with Crippen molar-refractivity contribution in [2.75, 3.05) is 13.2 Å². The van der Waals surface area contributed by atoms with E-state index in [0.29, 0.717) is 24.1 Å². The fourth-order valence-electron chi connectivity index (χ4n) is 2.99. The predicted octanol–water partition coefficient (Wildman–Crippen LogP) is 3.86. The summed E-state index contributed by atoms with van der Waals surface area (Å²) in [5.74, 6) is -1.10. The summed E-state index contributed by atoms with van der Waals surface area (Å²) in [6, 6.07) is 12.7. The van der Waals surface area contributed by atoms with Crippen LogP contribution in [0, 0.1) is 0 Å². The molecule has 1 aliphatic rings. The third kappa shape index (κ3) is 2.50. The van der Waals surface area contributed by atoms with E-state index in [9.17, 15) is 9.32 Å². The second-order valence-corrected chi connectivity index (χ2v) is 5.57. The molecule has 0 spiro atoms. The Morgan fingerprint density at radius 3 is 2.58 bits per heavy atom. The van der Waals surface area contributed by atoms with Gasteiger partial charge in [0.15, 0.2) is 12.0 Å². The number of aromatic nitrogens is 1. The van der Waals surface area contributed by atoms with E-state index >= 15 is 0 Å². The molecule has 1 fully saturated rings. The van der Waals surface area contributed by atoms with Crippen molar-refractivity contribution in [1.29, 1.82) is 0 Å². The van der Waals surface area contributed by atoms with Crippen molar-refractivity contribution in [2.45, 2.75) is 12.7 Å². The summed E-state index contributed by atoms with van der Waals surface area (Å²) in [6.45, 7) is 1.31. The first-order valence-electron chi connectivity index (χ1n) is 7.66. The van der Waals surface area contributed by atoms with Gasteiger partial charge >= 0.3 is 5.97 Å². The number of pyridine rings is 1. The van der Waals surface area contributed by atoms with Gasteiger partial charge in [0.25, 0.3) is 0 Å². The lowest BCUT2D eigenvalue weighted by molar-refractivity contribution is -0.182. The predicted molar refractivity (Wildman–Crippen MR) is 85.0 cm³/mol. The molecule has 0 aliphatic carbocycles. The van der Waals surface area contributed by atoms with Crippen molar-refractivity contribution >= 4 is 27.6 Å². The topological polar surface area (TPSA) is 57.7 Å². The first-order valence-corrected chi connectivity index (χ1v) is 7.66. The van der Waals surface area contributed by atoms with Crippen LogP contribution in [0.25, 0.3) is 21.7 Å². The Labute approximate surface area is 136 Å². The third-order valence-corrected chi connectivity index (χ3v) is 4.09. The highest BCUT2D eigenvalue weighted by molar-refractivity contribution is 6.13. The third-order valence-electron chi connectivity index (χ3n) is 4.09. The molecule has 3 aromatic rings. The van der Waals surface area contributed by atoms with E-state index < -0.39 is 12.3 Å². The summed E-state index contributed by atoms with van der Waals surface area (Å²) >= 11 is 0. The molecule has 2 heterocycles. The highest BCUT2D eigenvalue weighted by Crippen LogP contribution is 2.31. The molecule has 1 aliphatic heterocycles. The maximum atomic E-state index is 12.4. The Kier molecular flexibility index (Phi) is 3.84. The number of carbonyl (C=O) groups is 1. The van der Waals surface area contributed by atoms with E-state index in [1.807, 2.05) is 24.3 Å². The van der Waals surface area contributed by atoms with Crippen LogP contribution in [-0.2, 0) is 14.4 Å². The lowest BCUT2D eigenvalue weighted by Crippen LogP contribution is -2.17. The van der Waals surface area contributed by atoms with Gasteiger partial charge in [-0.15, -0.1) is 0 Å². The van der Waals surface area contributed by atoms with Crippen LogP contribution in [0.1, 0.15) is 28.8 Å². The molecule has 2 aromatic carbocycles. The molecule has 0 N–H and O–H groups in total. The van der Waals surface area contributed by atoms with Crippen LogP contribution in [0.4, 0.5) is 4.53 Å². The minimum atomic E-state index is -1.10. The van der Waals surface area contributed by atoms with Crippen LogP contribution >= 0.6 is 0 Å². The van der Waals surface area contributed by atoms with Gasteiger partial charge in [-0.25, -0.2) is 14.7 Å². The molecule has 1 aromatic heterocycles. The fraction of sp³-hybridized carbons (Fsp3) is 0.222. The number of carbonyl (C=O) groups excluding carboxylic acids is 1. The molecular weight excluding hydrogens is 313 g/mol. The zero-order chi connectivity index (χ0) is 16.5. The van der Waals surface area contributed by atoms with E-state index in [-0.39, 0.29) is 5.69 Å². The smallest absolute Gasteiger partial charge is 0.348 e. The number of ether oxygens (including phenoxy) is 2. The van der Waals surface area contributed by atoms with Crippen molar-refractivity contribution in [1.82, 2.24) is 4.98 Å². The van der Waals surface area contributed by atoms with Gasteiger partial charge in [0.1, 0.15) is 0 Å². The highest BCUT2D eigenvalue weighted by atomic mass is 19.3. The average molecular weight is 327 g/mol. The van der Waals surface area contributed by atoms with Crippen LogP contribution in [0.3, 0.4) is 0 Å². The number of hydrogen-bond acceptors (Lipinski definition) is 5. The van der Waals surface area contributed by atoms with Gasteiger partial charge in [-0.3, -0.25) is 0 Å². The molecule has 0 atom stereocenters. The minimum absolute atomic E-state index is 0.0430. The normalized spacial score (nSPS) is 15.7. The number of rotatable bonds is 2. The summed E-state index contributed by atoms with van der Waals surface area (Å²) in [7, 11) is 0. The summed E-state index contributed by atoms with van der Waals surface area (Å²) in [5, 5.41) is 2.17. The summed E-state index contributed by atoms with van der Waals surface area (Å²) in [5.41, 5.74) is 1.42. The highest BCUT2D eigenvalue weighted by Gasteiger charge is 2.20. The summed E-state index contributed by atoms with van der Waals surface area (Å²) in [6.07, 6.45) is 0.473. The molecule has 0 amide bonds.